The molecule has 0 spiro atoms. The maximum absolute atomic E-state index is 10.1. The molecule has 0 heterocycles. The molecule has 0 radical (unpaired) electrons. The third kappa shape index (κ3) is 2.17. The average Bonchev–Trinajstić information content (AvgIpc) is 2.18. The van der Waals surface area contributed by atoms with E-state index in [1.165, 1.54) is 6.08 Å². The Labute approximate surface area is 76.1 Å². The molecule has 0 saturated heterocycles. The topological polar surface area (TPSA) is 66.9 Å². The Morgan fingerprint density at radius 3 is 2.46 bits per heavy atom. The SMILES string of the molecule is N#Cc1ccc(/C(N)=C/C=O)cc1. The number of nitrogens with two attached hydrogens (primary N) is 1. The van der Waals surface area contributed by atoms with Gasteiger partial charge in [0.2, 0.25) is 0 Å². The van der Waals surface area contributed by atoms with E-state index < -0.39 is 0 Å². The molecule has 1 aromatic carbocycles. The molecule has 0 fully saturated rings. The quantitative estimate of drug-likeness (QED) is 0.535. The van der Waals surface area contributed by atoms with Crippen LogP contribution in [-0.4, -0.2) is 6.29 Å². The van der Waals surface area contributed by atoms with E-state index in [2.05, 4.69) is 0 Å². The van der Waals surface area contributed by atoms with Gasteiger partial charge in [0.1, 0.15) is 6.29 Å². The first kappa shape index (κ1) is 9.01. The van der Waals surface area contributed by atoms with E-state index in [1.807, 2.05) is 6.07 Å². The van der Waals surface area contributed by atoms with E-state index in [-0.39, 0.29) is 0 Å². The van der Waals surface area contributed by atoms with Crippen LogP contribution in [0.3, 0.4) is 0 Å². The van der Waals surface area contributed by atoms with Crippen molar-refractivity contribution in [1.29, 1.82) is 5.26 Å². The lowest BCUT2D eigenvalue weighted by Gasteiger charge is -1.98. The molecule has 0 unspecified atom stereocenters. The maximum atomic E-state index is 10.1. The van der Waals surface area contributed by atoms with Crippen LogP contribution in [0.1, 0.15) is 11.1 Å². The summed E-state index contributed by atoms with van der Waals surface area (Å²) in [5.74, 6) is 0. The number of rotatable bonds is 2. The van der Waals surface area contributed by atoms with Crippen molar-refractivity contribution >= 4 is 12.0 Å². The van der Waals surface area contributed by atoms with Gasteiger partial charge in [-0.25, -0.2) is 0 Å². The van der Waals surface area contributed by atoms with E-state index >= 15 is 0 Å². The first-order valence-corrected chi connectivity index (χ1v) is 3.69. The largest absolute Gasteiger partial charge is 0.398 e. The number of hydrogen-bond acceptors (Lipinski definition) is 3. The molecule has 0 atom stereocenters. The highest BCUT2D eigenvalue weighted by molar-refractivity contribution is 5.80. The molecule has 64 valence electrons. The van der Waals surface area contributed by atoms with Crippen molar-refractivity contribution in [2.24, 2.45) is 5.73 Å². The Bertz CT molecular complexity index is 371. The molecular formula is C10H8N2O. The third-order valence-electron chi connectivity index (χ3n) is 1.59. The van der Waals surface area contributed by atoms with Gasteiger partial charge >= 0.3 is 0 Å². The summed E-state index contributed by atoms with van der Waals surface area (Å²) >= 11 is 0. The standard InChI is InChI=1S/C10H8N2O/c11-7-8-1-3-9(4-2-8)10(12)5-6-13/h1-6H,12H2/b10-5-. The summed E-state index contributed by atoms with van der Waals surface area (Å²) in [5.41, 5.74) is 7.26. The molecule has 0 saturated carbocycles. The van der Waals surface area contributed by atoms with E-state index in [1.54, 1.807) is 24.3 Å². The van der Waals surface area contributed by atoms with E-state index in [9.17, 15) is 4.79 Å². The molecular weight excluding hydrogens is 164 g/mol. The molecule has 0 aromatic heterocycles. The first-order valence-electron chi connectivity index (χ1n) is 3.69. The van der Waals surface area contributed by atoms with Crippen LogP contribution < -0.4 is 5.73 Å². The van der Waals surface area contributed by atoms with Crippen molar-refractivity contribution in [2.45, 2.75) is 0 Å². The summed E-state index contributed by atoms with van der Waals surface area (Å²) in [6.07, 6.45) is 1.91. The monoisotopic (exact) mass is 172 g/mol. The average molecular weight is 172 g/mol. The number of benzene rings is 1. The fourth-order valence-electron chi connectivity index (χ4n) is 0.907. The van der Waals surface area contributed by atoms with Gasteiger partial charge in [-0.05, 0) is 17.7 Å². The van der Waals surface area contributed by atoms with Gasteiger partial charge in [-0.1, -0.05) is 12.1 Å². The Kier molecular flexibility index (Phi) is 2.82. The lowest BCUT2D eigenvalue weighted by molar-refractivity contribution is -0.104. The molecule has 1 aromatic rings. The van der Waals surface area contributed by atoms with Crippen molar-refractivity contribution in [2.75, 3.05) is 0 Å². The Morgan fingerprint density at radius 1 is 1.38 bits per heavy atom. The zero-order chi connectivity index (χ0) is 9.68. The van der Waals surface area contributed by atoms with Crippen LogP contribution in [0.4, 0.5) is 0 Å². The molecule has 3 nitrogen and oxygen atoms in total. The van der Waals surface area contributed by atoms with Gasteiger partial charge < -0.3 is 5.73 Å². The van der Waals surface area contributed by atoms with E-state index in [0.717, 1.165) is 5.56 Å². The number of carbonyl (C=O) groups is 1. The summed E-state index contributed by atoms with van der Waals surface area (Å²) in [5, 5.41) is 8.52. The predicted octanol–water partition coefficient (Wildman–Crippen LogP) is 1.06. The third-order valence-corrected chi connectivity index (χ3v) is 1.59. The highest BCUT2D eigenvalue weighted by atomic mass is 16.1. The fraction of sp³-hybridized carbons (Fsp3) is 0. The molecule has 1 rings (SSSR count). The normalized spacial score (nSPS) is 10.5. The van der Waals surface area contributed by atoms with Crippen molar-refractivity contribution in [3.8, 4) is 6.07 Å². The molecule has 0 amide bonds. The second-order valence-corrected chi connectivity index (χ2v) is 2.45. The molecule has 0 aliphatic carbocycles. The van der Waals surface area contributed by atoms with Crippen LogP contribution >= 0.6 is 0 Å². The van der Waals surface area contributed by atoms with Crippen LogP contribution in [0.25, 0.3) is 5.70 Å². The summed E-state index contributed by atoms with van der Waals surface area (Å²) < 4.78 is 0. The minimum absolute atomic E-state index is 0.402. The van der Waals surface area contributed by atoms with E-state index in [4.69, 9.17) is 11.0 Å². The minimum Gasteiger partial charge on any atom is -0.398 e. The molecule has 3 heteroatoms. The Hall–Kier alpha value is -2.08. The van der Waals surface area contributed by atoms with Crippen LogP contribution in [0.5, 0.6) is 0 Å². The fourth-order valence-corrected chi connectivity index (χ4v) is 0.907. The summed E-state index contributed by atoms with van der Waals surface area (Å²) in [6, 6.07) is 8.71. The van der Waals surface area contributed by atoms with Crippen LogP contribution in [0, 0.1) is 11.3 Å². The number of hydrogen-bond donors (Lipinski definition) is 1. The first-order chi connectivity index (χ1) is 6.27. The van der Waals surface area contributed by atoms with Crippen molar-refractivity contribution < 1.29 is 4.79 Å². The zero-order valence-corrected chi connectivity index (χ0v) is 6.90. The van der Waals surface area contributed by atoms with Gasteiger partial charge in [0, 0.05) is 11.8 Å². The molecule has 0 bridgehead atoms. The second-order valence-electron chi connectivity index (χ2n) is 2.45. The molecule has 13 heavy (non-hydrogen) atoms. The highest BCUT2D eigenvalue weighted by Gasteiger charge is 1.95. The lowest BCUT2D eigenvalue weighted by atomic mass is 10.1. The van der Waals surface area contributed by atoms with Crippen LogP contribution in [0.2, 0.25) is 0 Å². The van der Waals surface area contributed by atoms with Gasteiger partial charge in [-0.3, -0.25) is 4.79 Å². The van der Waals surface area contributed by atoms with E-state index in [0.29, 0.717) is 17.5 Å². The van der Waals surface area contributed by atoms with Gasteiger partial charge in [0.25, 0.3) is 0 Å². The number of allylic oxidation sites excluding steroid dienone is 1. The summed E-state index contributed by atoms with van der Waals surface area (Å²) in [6.45, 7) is 0. The number of nitrogens with zero attached hydrogens (tertiary/aromatic N) is 1. The Balaban J connectivity index is 3.00. The van der Waals surface area contributed by atoms with Gasteiger partial charge in [-0.2, -0.15) is 5.26 Å². The summed E-state index contributed by atoms with van der Waals surface area (Å²) in [7, 11) is 0. The number of aldehydes is 1. The van der Waals surface area contributed by atoms with Crippen molar-refractivity contribution in [3.05, 3.63) is 41.5 Å². The van der Waals surface area contributed by atoms with Gasteiger partial charge in [0.15, 0.2) is 0 Å². The van der Waals surface area contributed by atoms with Crippen molar-refractivity contribution in [1.82, 2.24) is 0 Å². The highest BCUT2D eigenvalue weighted by Crippen LogP contribution is 2.09. The molecule has 2 N–H and O–H groups in total. The molecule has 0 aliphatic heterocycles. The van der Waals surface area contributed by atoms with Crippen LogP contribution in [-0.2, 0) is 4.79 Å². The van der Waals surface area contributed by atoms with Crippen LogP contribution in [0.15, 0.2) is 30.3 Å². The Morgan fingerprint density at radius 2 is 2.00 bits per heavy atom. The van der Waals surface area contributed by atoms with Gasteiger partial charge in [0.05, 0.1) is 11.6 Å². The second kappa shape index (κ2) is 4.07. The van der Waals surface area contributed by atoms with Gasteiger partial charge in [-0.15, -0.1) is 0 Å². The molecule has 0 aliphatic rings. The lowest BCUT2D eigenvalue weighted by Crippen LogP contribution is -1.96. The number of carbonyl (C=O) groups excluding carboxylic acids is 1. The minimum atomic E-state index is 0.402. The number of nitriles is 1. The predicted molar refractivity (Wildman–Crippen MR) is 49.4 cm³/mol. The maximum Gasteiger partial charge on any atom is 0.144 e. The van der Waals surface area contributed by atoms with Crippen molar-refractivity contribution in [3.63, 3.8) is 0 Å². The smallest absolute Gasteiger partial charge is 0.144 e. The zero-order valence-electron chi connectivity index (χ0n) is 6.90. The summed E-state index contributed by atoms with van der Waals surface area (Å²) in [4.78, 5) is 10.1.